The molecule has 0 aromatic heterocycles. The molecule has 1 aromatic rings. The van der Waals surface area contributed by atoms with Crippen LogP contribution in [-0.2, 0) is 11.0 Å². The Balaban J connectivity index is 1.87. The summed E-state index contributed by atoms with van der Waals surface area (Å²) in [5.74, 6) is 0.183. The summed E-state index contributed by atoms with van der Waals surface area (Å²) in [7, 11) is 0. The number of carbonyl (C=O) groups excluding carboxylic acids is 1. The third-order valence-corrected chi connectivity index (χ3v) is 3.96. The van der Waals surface area contributed by atoms with E-state index in [-0.39, 0.29) is 12.2 Å². The molecule has 0 bridgehead atoms. The average Bonchev–Trinajstić information content (AvgIpc) is 2.48. The Morgan fingerprint density at radius 2 is 1.71 bits per heavy atom. The maximum Gasteiger partial charge on any atom is 0.418 e. The molecule has 1 amide bonds. The van der Waals surface area contributed by atoms with Crippen LogP contribution in [0.2, 0.25) is 0 Å². The van der Waals surface area contributed by atoms with Crippen LogP contribution in [-0.4, -0.2) is 55.0 Å². The first-order valence-electron chi connectivity index (χ1n) is 8.16. The first-order valence-corrected chi connectivity index (χ1v) is 8.16. The number of nitrogens with zero attached hydrogens (tertiary/aromatic N) is 2. The number of halogens is 3. The Hall–Kier alpha value is -1.60. The standard InChI is InChI=1S/C17H24F3N3O/c1-13(2)11-22-7-9-23(10-8-22)12-16(24)21-15-6-4-3-5-14(15)17(18,19)20/h3-6,13H,7-12H2,1-2H3,(H,21,24). The molecule has 1 aliphatic heterocycles. The summed E-state index contributed by atoms with van der Waals surface area (Å²) in [5.41, 5.74) is -1.01. The summed E-state index contributed by atoms with van der Waals surface area (Å²) < 4.78 is 38.8. The third kappa shape index (κ3) is 5.49. The summed E-state index contributed by atoms with van der Waals surface area (Å²) in [5, 5.41) is 2.39. The third-order valence-electron chi connectivity index (χ3n) is 3.96. The van der Waals surface area contributed by atoms with Gasteiger partial charge in [0.1, 0.15) is 0 Å². The molecule has 0 unspecified atom stereocenters. The molecule has 0 saturated carbocycles. The van der Waals surface area contributed by atoms with Crippen LogP contribution in [0.1, 0.15) is 19.4 Å². The highest BCUT2D eigenvalue weighted by molar-refractivity contribution is 5.93. The van der Waals surface area contributed by atoms with Crippen molar-refractivity contribution in [3.8, 4) is 0 Å². The monoisotopic (exact) mass is 343 g/mol. The number of hydrogen-bond acceptors (Lipinski definition) is 3. The molecule has 1 heterocycles. The largest absolute Gasteiger partial charge is 0.418 e. The molecule has 1 N–H and O–H groups in total. The molecule has 2 rings (SSSR count). The van der Waals surface area contributed by atoms with E-state index in [1.54, 1.807) is 0 Å². The molecule has 134 valence electrons. The molecular weight excluding hydrogens is 319 g/mol. The lowest BCUT2D eigenvalue weighted by atomic mass is 10.1. The van der Waals surface area contributed by atoms with Gasteiger partial charge in [0.25, 0.3) is 0 Å². The minimum absolute atomic E-state index is 0.113. The lowest BCUT2D eigenvalue weighted by Crippen LogP contribution is -2.49. The van der Waals surface area contributed by atoms with Gasteiger partial charge in [0, 0.05) is 32.7 Å². The minimum atomic E-state index is -4.48. The molecule has 7 heteroatoms. The van der Waals surface area contributed by atoms with E-state index < -0.39 is 17.6 Å². The van der Waals surface area contributed by atoms with Crippen molar-refractivity contribution in [2.45, 2.75) is 20.0 Å². The summed E-state index contributed by atoms with van der Waals surface area (Å²) in [4.78, 5) is 16.4. The van der Waals surface area contributed by atoms with Gasteiger partial charge in [-0.25, -0.2) is 0 Å². The van der Waals surface area contributed by atoms with E-state index in [1.807, 2.05) is 4.90 Å². The number of rotatable bonds is 5. The number of amides is 1. The summed E-state index contributed by atoms with van der Waals surface area (Å²) in [6, 6.07) is 5.05. The molecule has 1 aromatic carbocycles. The van der Waals surface area contributed by atoms with Gasteiger partial charge in [0.2, 0.25) is 5.91 Å². The average molecular weight is 343 g/mol. The van der Waals surface area contributed by atoms with Crippen molar-refractivity contribution in [2.24, 2.45) is 5.92 Å². The topological polar surface area (TPSA) is 35.6 Å². The zero-order valence-corrected chi connectivity index (χ0v) is 14.1. The first kappa shape index (κ1) is 18.7. The number of carbonyl (C=O) groups is 1. The second-order valence-corrected chi connectivity index (χ2v) is 6.56. The van der Waals surface area contributed by atoms with Crippen LogP contribution in [0, 0.1) is 5.92 Å². The molecule has 0 atom stereocenters. The highest BCUT2D eigenvalue weighted by Gasteiger charge is 2.33. The van der Waals surface area contributed by atoms with Gasteiger partial charge in [-0.05, 0) is 18.1 Å². The van der Waals surface area contributed by atoms with Crippen LogP contribution in [0.4, 0.5) is 18.9 Å². The van der Waals surface area contributed by atoms with Crippen LogP contribution in [0.5, 0.6) is 0 Å². The van der Waals surface area contributed by atoms with Gasteiger partial charge in [-0.15, -0.1) is 0 Å². The van der Waals surface area contributed by atoms with Gasteiger partial charge in [-0.2, -0.15) is 13.2 Å². The number of anilines is 1. The quantitative estimate of drug-likeness (QED) is 0.893. The van der Waals surface area contributed by atoms with Gasteiger partial charge in [-0.3, -0.25) is 9.69 Å². The van der Waals surface area contributed by atoms with E-state index >= 15 is 0 Å². The smallest absolute Gasteiger partial charge is 0.324 e. The van der Waals surface area contributed by atoms with Gasteiger partial charge < -0.3 is 10.2 Å². The number of alkyl halides is 3. The molecule has 4 nitrogen and oxygen atoms in total. The Morgan fingerprint density at radius 1 is 1.12 bits per heavy atom. The van der Waals surface area contributed by atoms with Gasteiger partial charge in [-0.1, -0.05) is 26.0 Å². The fourth-order valence-corrected chi connectivity index (χ4v) is 2.88. The molecule has 1 saturated heterocycles. The van der Waals surface area contributed by atoms with E-state index in [0.29, 0.717) is 5.92 Å². The van der Waals surface area contributed by atoms with E-state index in [0.717, 1.165) is 38.8 Å². The summed E-state index contributed by atoms with van der Waals surface area (Å²) in [6.45, 7) is 8.73. The molecule has 0 spiro atoms. The predicted molar refractivity (Wildman–Crippen MR) is 87.8 cm³/mol. The highest BCUT2D eigenvalue weighted by atomic mass is 19.4. The van der Waals surface area contributed by atoms with Crippen LogP contribution in [0.3, 0.4) is 0 Å². The number of para-hydroxylation sites is 1. The second-order valence-electron chi connectivity index (χ2n) is 6.56. The lowest BCUT2D eigenvalue weighted by molar-refractivity contribution is -0.137. The number of nitrogens with one attached hydrogen (secondary N) is 1. The lowest BCUT2D eigenvalue weighted by Gasteiger charge is -2.35. The SMILES string of the molecule is CC(C)CN1CCN(CC(=O)Nc2ccccc2C(F)(F)F)CC1. The normalized spacial score (nSPS) is 17.2. The maximum absolute atomic E-state index is 12.9. The number of hydrogen-bond donors (Lipinski definition) is 1. The van der Waals surface area contributed by atoms with Crippen molar-refractivity contribution in [3.63, 3.8) is 0 Å². The number of piperazine rings is 1. The number of benzene rings is 1. The molecular formula is C17H24F3N3O. The van der Waals surface area contributed by atoms with Crippen molar-refractivity contribution in [1.82, 2.24) is 9.80 Å². The summed E-state index contributed by atoms with van der Waals surface area (Å²) in [6.07, 6.45) is -4.48. The maximum atomic E-state index is 12.9. The second kappa shape index (κ2) is 7.98. The van der Waals surface area contributed by atoms with Crippen molar-refractivity contribution in [1.29, 1.82) is 0 Å². The Labute approximate surface area is 140 Å². The Morgan fingerprint density at radius 3 is 2.29 bits per heavy atom. The zero-order chi connectivity index (χ0) is 17.7. The van der Waals surface area contributed by atoms with Crippen molar-refractivity contribution >= 4 is 11.6 Å². The van der Waals surface area contributed by atoms with E-state index in [1.165, 1.54) is 18.2 Å². The highest BCUT2D eigenvalue weighted by Crippen LogP contribution is 2.34. The zero-order valence-electron chi connectivity index (χ0n) is 14.1. The molecule has 0 aliphatic carbocycles. The molecule has 24 heavy (non-hydrogen) atoms. The fraction of sp³-hybridized carbons (Fsp3) is 0.588. The van der Waals surface area contributed by atoms with E-state index in [4.69, 9.17) is 0 Å². The van der Waals surface area contributed by atoms with Crippen LogP contribution >= 0.6 is 0 Å². The summed E-state index contributed by atoms with van der Waals surface area (Å²) >= 11 is 0. The predicted octanol–water partition coefficient (Wildman–Crippen LogP) is 2.92. The van der Waals surface area contributed by atoms with E-state index in [9.17, 15) is 18.0 Å². The first-order chi connectivity index (χ1) is 11.3. The van der Waals surface area contributed by atoms with Crippen LogP contribution in [0.25, 0.3) is 0 Å². The fourth-order valence-electron chi connectivity index (χ4n) is 2.88. The van der Waals surface area contributed by atoms with Crippen molar-refractivity contribution in [3.05, 3.63) is 29.8 Å². The Kier molecular flexibility index (Phi) is 6.23. The van der Waals surface area contributed by atoms with E-state index in [2.05, 4.69) is 24.1 Å². The molecule has 1 fully saturated rings. The molecule has 0 radical (unpaired) electrons. The van der Waals surface area contributed by atoms with Crippen molar-refractivity contribution in [2.75, 3.05) is 44.6 Å². The Bertz CT molecular complexity index is 552. The van der Waals surface area contributed by atoms with Gasteiger partial charge in [0.15, 0.2) is 0 Å². The van der Waals surface area contributed by atoms with Crippen LogP contribution < -0.4 is 5.32 Å². The molecule has 1 aliphatic rings. The van der Waals surface area contributed by atoms with Gasteiger partial charge >= 0.3 is 6.18 Å². The van der Waals surface area contributed by atoms with Crippen molar-refractivity contribution < 1.29 is 18.0 Å². The van der Waals surface area contributed by atoms with Gasteiger partial charge in [0.05, 0.1) is 17.8 Å². The minimum Gasteiger partial charge on any atom is -0.324 e. The van der Waals surface area contributed by atoms with Crippen LogP contribution in [0.15, 0.2) is 24.3 Å².